The zero-order valence-electron chi connectivity index (χ0n) is 20.6. The first-order valence-electron chi connectivity index (χ1n) is 13.3. The molecule has 0 amide bonds. The van der Waals surface area contributed by atoms with E-state index in [9.17, 15) is 15.3 Å². The molecule has 4 saturated carbocycles. The highest BCUT2D eigenvalue weighted by Gasteiger charge is 2.73. The Labute approximate surface area is 193 Å². The van der Waals surface area contributed by atoms with Crippen molar-refractivity contribution in [1.82, 2.24) is 0 Å². The van der Waals surface area contributed by atoms with Crippen LogP contribution >= 0.6 is 0 Å². The Hall–Kier alpha value is -0.200. The smallest absolute Gasteiger partial charge is 0.196 e. The third kappa shape index (κ3) is 2.69. The molecule has 2 saturated heterocycles. The molecule has 0 aromatic carbocycles. The highest BCUT2D eigenvalue weighted by atomic mass is 16.7. The summed E-state index contributed by atoms with van der Waals surface area (Å²) in [6.45, 7) is 11.1. The summed E-state index contributed by atoms with van der Waals surface area (Å²) in [6, 6.07) is 0. The zero-order valence-corrected chi connectivity index (χ0v) is 20.6. The molecule has 5 nitrogen and oxygen atoms in total. The predicted molar refractivity (Wildman–Crippen MR) is 121 cm³/mol. The molecule has 0 aromatic rings. The SMILES string of the molecule is C[C@H]1C[C@]2(O[C@H]3C[C@H]4[C@@H]5CC[C@H]6C[C@H](O)CC[C@]6(C)[C@H]5[C@@H](O)C[C@]4(C)[C@H]3[C@H]2O)OC1(C)C. The number of ether oxygens (including phenoxy) is 2. The van der Waals surface area contributed by atoms with E-state index >= 15 is 0 Å². The summed E-state index contributed by atoms with van der Waals surface area (Å²) in [5, 5.41) is 33.6. The second-order valence-corrected chi connectivity index (χ2v) is 13.8. The van der Waals surface area contributed by atoms with Crippen LogP contribution < -0.4 is 0 Å². The fraction of sp³-hybridized carbons (Fsp3) is 1.00. The average Bonchev–Trinajstić information content (AvgIpc) is 3.21. The summed E-state index contributed by atoms with van der Waals surface area (Å²) < 4.78 is 13.1. The molecule has 0 bridgehead atoms. The second-order valence-electron chi connectivity index (χ2n) is 13.8. The quantitative estimate of drug-likeness (QED) is 0.524. The standard InChI is InChI=1S/C27H44O5/c1-14-12-27(32-24(14,2)3)23(30)22-20(31-27)11-18-17-7-6-15-10-16(28)8-9-25(15,4)21(17)19(29)13-26(18,22)5/h14-23,28-30H,6-13H2,1-5H3/t14-,15-,16+,17-,18-,19-,20-,21+,22+,23+,25-,26-,27-/m0/s1. The van der Waals surface area contributed by atoms with E-state index in [2.05, 4.69) is 34.6 Å². The van der Waals surface area contributed by atoms with E-state index in [0.717, 1.165) is 51.4 Å². The zero-order chi connectivity index (χ0) is 22.8. The monoisotopic (exact) mass is 448 g/mol. The summed E-state index contributed by atoms with van der Waals surface area (Å²) in [7, 11) is 0. The molecule has 6 rings (SSSR count). The molecule has 2 heterocycles. The third-order valence-corrected chi connectivity index (χ3v) is 12.0. The average molecular weight is 449 g/mol. The van der Waals surface area contributed by atoms with Crippen molar-refractivity contribution < 1.29 is 24.8 Å². The van der Waals surface area contributed by atoms with Crippen LogP contribution in [0.5, 0.6) is 0 Å². The summed E-state index contributed by atoms with van der Waals surface area (Å²) >= 11 is 0. The molecule has 0 unspecified atom stereocenters. The Morgan fingerprint density at radius 3 is 2.28 bits per heavy atom. The molecule has 0 radical (unpaired) electrons. The maximum Gasteiger partial charge on any atom is 0.196 e. The number of hydrogen-bond donors (Lipinski definition) is 3. The van der Waals surface area contributed by atoms with Crippen molar-refractivity contribution in [1.29, 1.82) is 0 Å². The Balaban J connectivity index is 1.30. The lowest BCUT2D eigenvalue weighted by Gasteiger charge is -2.62. The van der Waals surface area contributed by atoms with Crippen molar-refractivity contribution >= 4 is 0 Å². The van der Waals surface area contributed by atoms with Gasteiger partial charge in [0.2, 0.25) is 0 Å². The van der Waals surface area contributed by atoms with Gasteiger partial charge in [-0.2, -0.15) is 0 Å². The molecule has 0 aromatic heterocycles. The second kappa shape index (κ2) is 6.72. The minimum absolute atomic E-state index is 0.0192. The first kappa shape index (κ1) is 22.3. The van der Waals surface area contributed by atoms with Crippen LogP contribution in [0, 0.1) is 46.3 Å². The van der Waals surface area contributed by atoms with Gasteiger partial charge >= 0.3 is 0 Å². The lowest BCUT2D eigenvalue weighted by molar-refractivity contribution is -0.271. The van der Waals surface area contributed by atoms with Crippen LogP contribution in [0.15, 0.2) is 0 Å². The van der Waals surface area contributed by atoms with E-state index in [1.54, 1.807) is 0 Å². The first-order chi connectivity index (χ1) is 14.9. The van der Waals surface area contributed by atoms with Gasteiger partial charge in [0, 0.05) is 12.3 Å². The minimum Gasteiger partial charge on any atom is -0.393 e. The van der Waals surface area contributed by atoms with Crippen LogP contribution in [-0.4, -0.2) is 51.1 Å². The van der Waals surface area contributed by atoms with Crippen molar-refractivity contribution in [2.24, 2.45) is 46.3 Å². The van der Waals surface area contributed by atoms with E-state index in [1.807, 2.05) is 0 Å². The fourth-order valence-electron chi connectivity index (χ4n) is 10.2. The lowest BCUT2D eigenvalue weighted by Crippen LogP contribution is -2.60. The molecule has 3 N–H and O–H groups in total. The van der Waals surface area contributed by atoms with Gasteiger partial charge in [0.15, 0.2) is 5.79 Å². The van der Waals surface area contributed by atoms with Crippen molar-refractivity contribution in [2.75, 3.05) is 0 Å². The van der Waals surface area contributed by atoms with Crippen molar-refractivity contribution in [2.45, 2.75) is 122 Å². The first-order valence-corrected chi connectivity index (χ1v) is 13.3. The third-order valence-electron chi connectivity index (χ3n) is 12.0. The van der Waals surface area contributed by atoms with Crippen molar-refractivity contribution in [3.63, 3.8) is 0 Å². The number of fused-ring (bicyclic) bond motifs is 7. The normalized spacial score (nSPS) is 63.0. The molecule has 5 heteroatoms. The van der Waals surface area contributed by atoms with Gasteiger partial charge in [-0.1, -0.05) is 20.8 Å². The van der Waals surface area contributed by atoms with Crippen molar-refractivity contribution in [3.05, 3.63) is 0 Å². The Kier molecular flexibility index (Phi) is 4.68. The molecule has 13 atom stereocenters. The van der Waals surface area contributed by atoms with Crippen LogP contribution in [0.2, 0.25) is 0 Å². The molecule has 182 valence electrons. The number of aliphatic hydroxyl groups excluding tert-OH is 3. The molecule has 2 aliphatic heterocycles. The molecule has 1 spiro atoms. The van der Waals surface area contributed by atoms with Gasteiger partial charge in [-0.15, -0.1) is 0 Å². The van der Waals surface area contributed by atoms with Gasteiger partial charge in [0.1, 0.15) is 6.10 Å². The lowest BCUT2D eigenvalue weighted by atomic mass is 9.43. The fourth-order valence-corrected chi connectivity index (χ4v) is 10.2. The van der Waals surface area contributed by atoms with Gasteiger partial charge in [-0.05, 0) is 99.2 Å². The summed E-state index contributed by atoms with van der Waals surface area (Å²) in [5.41, 5.74) is -0.296. The molecule has 6 fully saturated rings. The Morgan fingerprint density at radius 2 is 1.59 bits per heavy atom. The topological polar surface area (TPSA) is 79.2 Å². The van der Waals surface area contributed by atoms with Crippen molar-refractivity contribution in [3.8, 4) is 0 Å². The number of hydrogen-bond acceptors (Lipinski definition) is 5. The molecule has 32 heavy (non-hydrogen) atoms. The maximum atomic E-state index is 11.7. The Bertz CT molecular complexity index is 784. The molecule has 4 aliphatic carbocycles. The van der Waals surface area contributed by atoms with Gasteiger partial charge in [0.05, 0.1) is 23.9 Å². The number of aliphatic hydroxyl groups is 3. The van der Waals surface area contributed by atoms with Crippen LogP contribution in [0.25, 0.3) is 0 Å². The van der Waals surface area contributed by atoms with E-state index in [-0.39, 0.29) is 40.7 Å². The summed E-state index contributed by atoms with van der Waals surface area (Å²) in [4.78, 5) is 0. The van der Waals surface area contributed by atoms with Gasteiger partial charge < -0.3 is 24.8 Å². The number of rotatable bonds is 0. The van der Waals surface area contributed by atoms with E-state index in [4.69, 9.17) is 9.47 Å². The van der Waals surface area contributed by atoms with Crippen LogP contribution in [0.4, 0.5) is 0 Å². The van der Waals surface area contributed by atoms with E-state index in [0.29, 0.717) is 29.6 Å². The molecule has 6 aliphatic rings. The predicted octanol–water partition coefficient (Wildman–Crippen LogP) is 3.88. The maximum absolute atomic E-state index is 11.7. The summed E-state index contributed by atoms with van der Waals surface area (Å²) in [6.07, 6.45) is 6.43. The summed E-state index contributed by atoms with van der Waals surface area (Å²) in [5.74, 6) is 1.27. The highest BCUT2D eigenvalue weighted by Crippen LogP contribution is 2.70. The van der Waals surface area contributed by atoms with Crippen LogP contribution in [0.1, 0.15) is 86.0 Å². The van der Waals surface area contributed by atoms with Crippen LogP contribution in [0.3, 0.4) is 0 Å². The minimum atomic E-state index is -0.878. The van der Waals surface area contributed by atoms with Crippen LogP contribution in [-0.2, 0) is 9.47 Å². The van der Waals surface area contributed by atoms with Gasteiger partial charge in [-0.3, -0.25) is 0 Å². The largest absolute Gasteiger partial charge is 0.393 e. The molecular formula is C27H44O5. The van der Waals surface area contributed by atoms with E-state index < -0.39 is 11.9 Å². The van der Waals surface area contributed by atoms with E-state index in [1.165, 1.54) is 0 Å². The highest BCUT2D eigenvalue weighted by molar-refractivity contribution is 5.18. The van der Waals surface area contributed by atoms with Gasteiger partial charge in [0.25, 0.3) is 0 Å². The molecular weight excluding hydrogens is 404 g/mol. The Morgan fingerprint density at radius 1 is 0.844 bits per heavy atom. The van der Waals surface area contributed by atoms with Gasteiger partial charge in [-0.25, -0.2) is 0 Å².